The van der Waals surface area contributed by atoms with Gasteiger partial charge in [0.05, 0.1) is 0 Å². The third-order valence-corrected chi connectivity index (χ3v) is 11.9. The molecule has 0 saturated heterocycles. The summed E-state index contributed by atoms with van der Waals surface area (Å²) in [5, 5.41) is 1.91. The van der Waals surface area contributed by atoms with E-state index in [-0.39, 0.29) is 41.7 Å². The van der Waals surface area contributed by atoms with Crippen molar-refractivity contribution in [3.05, 3.63) is 150 Å². The van der Waals surface area contributed by atoms with Gasteiger partial charge in [0, 0.05) is 49.8 Å². The Bertz CT molecular complexity index is 2670. The number of hydrogen-bond acceptors (Lipinski definition) is 5. The quantitative estimate of drug-likeness (QED) is 0.161. The van der Waals surface area contributed by atoms with Crippen LogP contribution in [0.5, 0.6) is 0 Å². The van der Waals surface area contributed by atoms with Gasteiger partial charge in [-0.2, -0.15) is 12.1 Å². The molecule has 278 valence electrons. The molecule has 5 aromatic carbocycles. The van der Waals surface area contributed by atoms with Crippen LogP contribution in [0.25, 0.3) is 27.6 Å². The Balaban J connectivity index is 0.00000450. The summed E-state index contributed by atoms with van der Waals surface area (Å²) in [6.45, 7) is 19.1. The van der Waals surface area contributed by atoms with Crippen LogP contribution >= 0.6 is 0 Å². The Kier molecular flexibility index (Phi) is 9.43. The summed E-state index contributed by atoms with van der Waals surface area (Å²) < 4.78 is 31.8. The van der Waals surface area contributed by atoms with Gasteiger partial charge >= 0.3 is 0 Å². The zero-order valence-corrected chi connectivity index (χ0v) is 34.9. The van der Waals surface area contributed by atoms with Crippen molar-refractivity contribution in [1.82, 2.24) is 9.55 Å². The summed E-state index contributed by atoms with van der Waals surface area (Å²) in [6, 6.07) is 40.9. The average molecular weight is 911 g/mol. The molecule has 0 aliphatic carbocycles. The standard InChI is InChI=1S/C46H43N4O2S.Pt/c1-30-22-42-43(23-31(30)2)49(29-48(42)34-14-10-9-11-15-34)35-24-33(46(6,7)8)25-37(27-35)53(51,52)36-18-19-39-38-16-12-13-17-40(38)50(41(39)28-36)44-26-32(20-21-47-44)45(3,4)5;/h9-26,29H,1-8H3;/q-3;. The van der Waals surface area contributed by atoms with Gasteiger partial charge in [0.25, 0.3) is 0 Å². The van der Waals surface area contributed by atoms with Crippen molar-refractivity contribution in [2.24, 2.45) is 0 Å². The number of rotatable bonds is 5. The smallest absolute Gasteiger partial charge is 0.160 e. The number of para-hydroxylation sites is 2. The first-order chi connectivity index (χ1) is 25.1. The van der Waals surface area contributed by atoms with Gasteiger partial charge in [-0.1, -0.05) is 83.5 Å². The normalized spacial score (nSPS) is 13.4. The zero-order chi connectivity index (χ0) is 37.4. The van der Waals surface area contributed by atoms with E-state index in [4.69, 9.17) is 4.98 Å². The van der Waals surface area contributed by atoms with E-state index in [0.29, 0.717) is 11.2 Å². The molecule has 0 fully saturated rings. The number of aryl methyl sites for hydroxylation is 2. The predicted molar refractivity (Wildman–Crippen MR) is 216 cm³/mol. The monoisotopic (exact) mass is 910 g/mol. The van der Waals surface area contributed by atoms with E-state index in [9.17, 15) is 8.42 Å². The fourth-order valence-electron chi connectivity index (χ4n) is 7.03. The van der Waals surface area contributed by atoms with Gasteiger partial charge in [-0.05, 0) is 99.0 Å². The second-order valence-corrected chi connectivity index (χ2v) is 18.0. The van der Waals surface area contributed by atoms with E-state index in [1.165, 1.54) is 5.56 Å². The maximum absolute atomic E-state index is 14.9. The van der Waals surface area contributed by atoms with E-state index in [1.807, 2.05) is 66.0 Å². The van der Waals surface area contributed by atoms with Gasteiger partial charge in [-0.25, -0.2) is 13.4 Å². The van der Waals surface area contributed by atoms with Crippen molar-refractivity contribution in [3.8, 4) is 5.82 Å². The van der Waals surface area contributed by atoms with E-state index in [2.05, 4.69) is 120 Å². The summed E-state index contributed by atoms with van der Waals surface area (Å²) in [5.41, 5.74) is 9.16. The van der Waals surface area contributed by atoms with E-state index >= 15 is 0 Å². The van der Waals surface area contributed by atoms with Crippen LogP contribution in [0.15, 0.2) is 119 Å². The molecule has 2 aromatic heterocycles. The van der Waals surface area contributed by atoms with Crippen LogP contribution in [0.3, 0.4) is 0 Å². The Morgan fingerprint density at radius 1 is 0.648 bits per heavy atom. The molecule has 8 heteroatoms. The van der Waals surface area contributed by atoms with Crippen molar-refractivity contribution in [2.75, 3.05) is 9.80 Å². The molecule has 0 atom stereocenters. The molecule has 0 saturated carbocycles. The first-order valence-corrected chi connectivity index (χ1v) is 19.4. The van der Waals surface area contributed by atoms with Crippen molar-refractivity contribution in [2.45, 2.75) is 76.0 Å². The third kappa shape index (κ3) is 6.45. The van der Waals surface area contributed by atoms with Gasteiger partial charge in [-0.3, -0.25) is 0 Å². The number of pyridine rings is 1. The summed E-state index contributed by atoms with van der Waals surface area (Å²) >= 11 is 0. The molecule has 7 aromatic rings. The Morgan fingerprint density at radius 2 is 1.30 bits per heavy atom. The maximum Gasteiger partial charge on any atom is 0.160 e. The molecule has 0 spiro atoms. The molecule has 0 bridgehead atoms. The van der Waals surface area contributed by atoms with Crippen molar-refractivity contribution >= 4 is 54.4 Å². The molecule has 8 rings (SSSR count). The van der Waals surface area contributed by atoms with Crippen molar-refractivity contribution < 1.29 is 29.5 Å². The van der Waals surface area contributed by atoms with Gasteiger partial charge in [0.1, 0.15) is 5.82 Å². The van der Waals surface area contributed by atoms with Crippen LogP contribution in [-0.2, 0) is 41.7 Å². The third-order valence-electron chi connectivity index (χ3n) is 10.3. The molecule has 0 N–H and O–H groups in total. The minimum absolute atomic E-state index is 0. The van der Waals surface area contributed by atoms with E-state index < -0.39 is 9.84 Å². The van der Waals surface area contributed by atoms with Gasteiger partial charge in [0.2, 0.25) is 0 Å². The number of fused-ring (bicyclic) bond motifs is 4. The molecule has 0 radical (unpaired) electrons. The first kappa shape index (κ1) is 37.6. The second kappa shape index (κ2) is 13.5. The molecule has 0 amide bonds. The number of benzene rings is 5. The van der Waals surface area contributed by atoms with Crippen LogP contribution in [0, 0.1) is 32.6 Å². The van der Waals surface area contributed by atoms with E-state index in [1.54, 1.807) is 12.1 Å². The van der Waals surface area contributed by atoms with Crippen molar-refractivity contribution in [1.29, 1.82) is 0 Å². The Labute approximate surface area is 333 Å². The summed E-state index contributed by atoms with van der Waals surface area (Å²) in [4.78, 5) is 9.16. The van der Waals surface area contributed by atoms with E-state index in [0.717, 1.165) is 55.9 Å². The SMILES string of the molecule is Cc1cc2c(cc1C)N(c1ccccc1)[CH-]N2c1[c-]c(S(=O)(=O)c2[c-]c3c(cc2)c2ccccc2n3-c2cc(C(C)(C)C)ccn2)cc(C(C)(C)C)c1.[Pt]. The minimum Gasteiger partial charge on any atom is -0.493 e. The van der Waals surface area contributed by atoms with Crippen LogP contribution in [0.1, 0.15) is 63.8 Å². The summed E-state index contributed by atoms with van der Waals surface area (Å²) in [7, 11) is -4.09. The molecule has 1 aliphatic rings. The molecule has 1 aliphatic heterocycles. The second-order valence-electron chi connectivity index (χ2n) is 16.1. The minimum atomic E-state index is -4.09. The maximum atomic E-state index is 14.9. The molecular formula is C46H43N4O2PtS-3. The largest absolute Gasteiger partial charge is 0.493 e. The van der Waals surface area contributed by atoms with Gasteiger partial charge < -0.3 is 14.4 Å². The van der Waals surface area contributed by atoms with Crippen LogP contribution in [0.2, 0.25) is 0 Å². The number of aromatic nitrogens is 2. The molecule has 6 nitrogen and oxygen atoms in total. The Morgan fingerprint density at radius 3 is 1.98 bits per heavy atom. The van der Waals surface area contributed by atoms with Crippen LogP contribution < -0.4 is 9.80 Å². The molecular weight excluding hydrogens is 868 g/mol. The van der Waals surface area contributed by atoms with Crippen LogP contribution in [0.4, 0.5) is 22.7 Å². The predicted octanol–water partition coefficient (Wildman–Crippen LogP) is 11.2. The van der Waals surface area contributed by atoms with Crippen molar-refractivity contribution in [3.63, 3.8) is 0 Å². The van der Waals surface area contributed by atoms with Crippen LogP contribution in [-0.4, -0.2) is 18.0 Å². The first-order valence-electron chi connectivity index (χ1n) is 18.0. The van der Waals surface area contributed by atoms with Gasteiger partial charge in [-0.15, -0.1) is 47.6 Å². The number of nitrogens with zero attached hydrogens (tertiary/aromatic N) is 4. The topological polar surface area (TPSA) is 58.4 Å². The fraction of sp³-hybridized carbons (Fsp3) is 0.217. The molecule has 54 heavy (non-hydrogen) atoms. The fourth-order valence-corrected chi connectivity index (χ4v) is 8.26. The number of sulfone groups is 1. The average Bonchev–Trinajstić information content (AvgIpc) is 3.66. The summed E-state index contributed by atoms with van der Waals surface area (Å²) in [6.07, 6.45) is 1.82. The Hall–Kier alpha value is -4.71. The molecule has 3 heterocycles. The molecule has 0 unspecified atom stereocenters. The number of hydrogen-bond donors (Lipinski definition) is 0. The summed E-state index contributed by atoms with van der Waals surface area (Å²) in [5.74, 6) is 0.717. The zero-order valence-electron chi connectivity index (χ0n) is 31.8. The van der Waals surface area contributed by atoms with Gasteiger partial charge in [0.15, 0.2) is 9.84 Å². The number of anilines is 4.